The molecule has 1 aromatic carbocycles. The number of halogens is 2. The molecule has 1 fully saturated rings. The Morgan fingerprint density at radius 1 is 1.31 bits per heavy atom. The van der Waals surface area contributed by atoms with Gasteiger partial charge in [-0.05, 0) is 39.0 Å². The van der Waals surface area contributed by atoms with Gasteiger partial charge in [0.05, 0.1) is 10.7 Å². The van der Waals surface area contributed by atoms with Gasteiger partial charge in [0.25, 0.3) is 11.8 Å². The van der Waals surface area contributed by atoms with Crippen LogP contribution >= 0.6 is 23.2 Å². The lowest BCUT2D eigenvalue weighted by Crippen LogP contribution is -2.42. The van der Waals surface area contributed by atoms with Crippen LogP contribution in [0.3, 0.4) is 0 Å². The van der Waals surface area contributed by atoms with Gasteiger partial charge in [-0.2, -0.15) is 0 Å². The minimum absolute atomic E-state index is 0.267. The van der Waals surface area contributed by atoms with Crippen molar-refractivity contribution in [1.82, 2.24) is 10.2 Å². The maximum Gasteiger partial charge on any atom is 0.327 e. The van der Waals surface area contributed by atoms with Gasteiger partial charge in [-0.15, -0.1) is 0 Å². The van der Waals surface area contributed by atoms with Crippen LogP contribution < -0.4 is 10.6 Å². The molecule has 0 aliphatic carbocycles. The Kier molecular flexibility index (Phi) is 5.77. The second kappa shape index (κ2) is 7.51. The number of esters is 1. The van der Waals surface area contributed by atoms with Crippen LogP contribution in [0.4, 0.5) is 10.5 Å². The molecule has 140 valence electrons. The summed E-state index contributed by atoms with van der Waals surface area (Å²) in [4.78, 5) is 48.6. The molecule has 1 atom stereocenters. The van der Waals surface area contributed by atoms with Crippen molar-refractivity contribution in [3.8, 4) is 0 Å². The predicted octanol–water partition coefficient (Wildman–Crippen LogP) is 2.19. The van der Waals surface area contributed by atoms with Crippen LogP contribution in [0.5, 0.6) is 0 Å². The average molecular weight is 402 g/mol. The van der Waals surface area contributed by atoms with Crippen molar-refractivity contribution in [2.24, 2.45) is 0 Å². The predicted molar refractivity (Wildman–Crippen MR) is 95.0 cm³/mol. The highest BCUT2D eigenvalue weighted by molar-refractivity contribution is 6.35. The monoisotopic (exact) mass is 401 g/mol. The van der Waals surface area contributed by atoms with Crippen molar-refractivity contribution in [2.75, 3.05) is 11.9 Å². The molecule has 1 unspecified atom stereocenters. The summed E-state index contributed by atoms with van der Waals surface area (Å²) < 4.78 is 4.98. The van der Waals surface area contributed by atoms with Crippen LogP contribution in [-0.4, -0.2) is 46.9 Å². The summed E-state index contributed by atoms with van der Waals surface area (Å²) in [5.74, 6) is -2.09. The normalized spacial score (nSPS) is 16.9. The summed E-state index contributed by atoms with van der Waals surface area (Å²) >= 11 is 11.8. The Balaban J connectivity index is 1.94. The molecular formula is C16H17Cl2N3O5. The van der Waals surface area contributed by atoms with Gasteiger partial charge in [-0.1, -0.05) is 23.2 Å². The first-order valence-electron chi connectivity index (χ1n) is 7.61. The fourth-order valence-electron chi connectivity index (χ4n) is 2.21. The number of urea groups is 1. The fourth-order valence-corrected chi connectivity index (χ4v) is 2.54. The highest BCUT2D eigenvalue weighted by atomic mass is 35.5. The zero-order valence-corrected chi connectivity index (χ0v) is 15.8. The van der Waals surface area contributed by atoms with Crippen molar-refractivity contribution in [2.45, 2.75) is 32.4 Å². The molecule has 0 aromatic heterocycles. The summed E-state index contributed by atoms with van der Waals surface area (Å²) in [6.45, 7) is 3.79. The second-order valence-electron chi connectivity index (χ2n) is 6.19. The van der Waals surface area contributed by atoms with E-state index in [0.29, 0.717) is 5.02 Å². The first-order chi connectivity index (χ1) is 12.0. The lowest BCUT2D eigenvalue weighted by molar-refractivity contribution is -0.155. The summed E-state index contributed by atoms with van der Waals surface area (Å²) in [6, 6.07) is 3.82. The third-order valence-electron chi connectivity index (χ3n) is 3.60. The molecule has 1 saturated heterocycles. The van der Waals surface area contributed by atoms with Gasteiger partial charge < -0.3 is 15.4 Å². The van der Waals surface area contributed by atoms with E-state index in [2.05, 4.69) is 10.6 Å². The maximum atomic E-state index is 12.1. The van der Waals surface area contributed by atoms with Crippen LogP contribution in [-0.2, 0) is 19.1 Å². The average Bonchev–Trinajstić information content (AvgIpc) is 2.72. The lowest BCUT2D eigenvalue weighted by Gasteiger charge is -2.17. The topological polar surface area (TPSA) is 105 Å². The molecule has 0 bridgehead atoms. The molecule has 0 radical (unpaired) electrons. The van der Waals surface area contributed by atoms with E-state index in [1.54, 1.807) is 6.07 Å². The lowest BCUT2D eigenvalue weighted by atomic mass is 10.1. The quantitative estimate of drug-likeness (QED) is 0.581. The summed E-state index contributed by atoms with van der Waals surface area (Å²) in [5.41, 5.74) is -0.827. The summed E-state index contributed by atoms with van der Waals surface area (Å²) in [7, 11) is 0. The number of benzene rings is 1. The Bertz CT molecular complexity index is 781. The molecule has 10 heteroatoms. The first-order valence-corrected chi connectivity index (χ1v) is 8.36. The van der Waals surface area contributed by atoms with Crippen molar-refractivity contribution in [3.05, 3.63) is 28.2 Å². The van der Waals surface area contributed by atoms with E-state index in [1.807, 2.05) is 0 Å². The molecule has 4 amide bonds. The molecule has 8 nitrogen and oxygen atoms in total. The van der Waals surface area contributed by atoms with Crippen LogP contribution in [0.1, 0.15) is 20.8 Å². The minimum Gasteiger partial charge on any atom is -0.451 e. The number of rotatable bonds is 5. The maximum absolute atomic E-state index is 12.1. The number of hydrogen-bond acceptors (Lipinski definition) is 5. The van der Waals surface area contributed by atoms with Crippen LogP contribution in [0.2, 0.25) is 10.0 Å². The van der Waals surface area contributed by atoms with E-state index in [9.17, 15) is 19.2 Å². The smallest absolute Gasteiger partial charge is 0.327 e. The van der Waals surface area contributed by atoms with Gasteiger partial charge in [0.15, 0.2) is 6.10 Å². The van der Waals surface area contributed by atoms with Crippen LogP contribution in [0, 0.1) is 0 Å². The number of imide groups is 1. The van der Waals surface area contributed by atoms with Gasteiger partial charge in [0, 0.05) is 5.02 Å². The Morgan fingerprint density at radius 2 is 1.96 bits per heavy atom. The van der Waals surface area contributed by atoms with Crippen molar-refractivity contribution in [3.63, 3.8) is 0 Å². The van der Waals surface area contributed by atoms with Crippen LogP contribution in [0.15, 0.2) is 18.2 Å². The highest BCUT2D eigenvalue weighted by Gasteiger charge is 2.45. The van der Waals surface area contributed by atoms with Crippen molar-refractivity contribution < 1.29 is 23.9 Å². The molecule has 1 aromatic rings. The van der Waals surface area contributed by atoms with Gasteiger partial charge in [0.2, 0.25) is 0 Å². The van der Waals surface area contributed by atoms with Crippen molar-refractivity contribution in [1.29, 1.82) is 0 Å². The molecule has 1 heterocycles. The summed E-state index contributed by atoms with van der Waals surface area (Å²) in [6.07, 6.45) is -1.17. The number of ether oxygens (including phenoxy) is 1. The molecule has 1 aliphatic rings. The standard InChI is InChI=1S/C16H17Cl2N3O5/c1-8(13(23)19-11-6-9(17)4-5-10(11)18)26-12(22)7-21-14(24)16(2,3)20-15(21)25/h4-6,8H,7H2,1-3H3,(H,19,23)(H,20,25). The molecule has 2 rings (SSSR count). The van der Waals surface area contributed by atoms with E-state index in [0.717, 1.165) is 4.90 Å². The number of anilines is 1. The van der Waals surface area contributed by atoms with Crippen molar-refractivity contribution >= 4 is 52.7 Å². The molecule has 2 N–H and O–H groups in total. The number of hydrogen-bond donors (Lipinski definition) is 2. The summed E-state index contributed by atoms with van der Waals surface area (Å²) in [5, 5.41) is 5.57. The largest absolute Gasteiger partial charge is 0.451 e. The minimum atomic E-state index is -1.17. The fraction of sp³-hybridized carbons (Fsp3) is 0.375. The third kappa shape index (κ3) is 4.44. The molecule has 1 aliphatic heterocycles. The van der Waals surface area contributed by atoms with E-state index in [-0.39, 0.29) is 10.7 Å². The number of nitrogens with zero attached hydrogens (tertiary/aromatic N) is 1. The molecule has 0 saturated carbocycles. The second-order valence-corrected chi connectivity index (χ2v) is 7.04. The zero-order valence-electron chi connectivity index (χ0n) is 14.3. The third-order valence-corrected chi connectivity index (χ3v) is 4.16. The number of carbonyl (C=O) groups is 4. The van der Waals surface area contributed by atoms with Crippen LogP contribution in [0.25, 0.3) is 0 Å². The van der Waals surface area contributed by atoms with Gasteiger partial charge in [0.1, 0.15) is 12.1 Å². The highest BCUT2D eigenvalue weighted by Crippen LogP contribution is 2.25. The molecule has 0 spiro atoms. The van der Waals surface area contributed by atoms with Gasteiger partial charge in [-0.3, -0.25) is 19.3 Å². The SMILES string of the molecule is CC(OC(=O)CN1C(=O)NC(C)(C)C1=O)C(=O)Nc1cc(Cl)ccc1Cl. The molecular weight excluding hydrogens is 385 g/mol. The Morgan fingerprint density at radius 3 is 2.54 bits per heavy atom. The number of nitrogens with one attached hydrogen (secondary N) is 2. The Hall–Kier alpha value is -2.32. The van der Waals surface area contributed by atoms with E-state index < -0.39 is 42.0 Å². The van der Waals surface area contributed by atoms with E-state index in [1.165, 1.54) is 32.9 Å². The molecule has 26 heavy (non-hydrogen) atoms. The van der Waals surface area contributed by atoms with Gasteiger partial charge in [-0.25, -0.2) is 4.79 Å². The Labute approximate surface area is 159 Å². The van der Waals surface area contributed by atoms with E-state index >= 15 is 0 Å². The number of carbonyl (C=O) groups excluding carboxylic acids is 4. The first kappa shape index (κ1) is 20.0. The number of amides is 4. The van der Waals surface area contributed by atoms with Gasteiger partial charge >= 0.3 is 12.0 Å². The zero-order chi connectivity index (χ0) is 19.6. The van der Waals surface area contributed by atoms with E-state index in [4.69, 9.17) is 27.9 Å².